The first-order chi connectivity index (χ1) is 13.5. The SMILES string of the molecule is CC(=O)OCC(=O)C1(O)CCC2(O)C3CCC4=CC(=O)CCC4(C)C3CCC12C. The first kappa shape index (κ1) is 20.7. The summed E-state index contributed by atoms with van der Waals surface area (Å²) < 4.78 is 4.87. The van der Waals surface area contributed by atoms with E-state index in [1.807, 2.05) is 13.0 Å². The lowest BCUT2D eigenvalue weighted by atomic mass is 9.44. The summed E-state index contributed by atoms with van der Waals surface area (Å²) in [6, 6.07) is 0. The smallest absolute Gasteiger partial charge is 0.303 e. The molecule has 0 spiro atoms. The minimum absolute atomic E-state index is 0.0212. The van der Waals surface area contributed by atoms with Crippen LogP contribution in [0.2, 0.25) is 0 Å². The fourth-order valence-corrected chi connectivity index (χ4v) is 7.28. The van der Waals surface area contributed by atoms with Crippen LogP contribution in [0.25, 0.3) is 0 Å². The highest BCUT2D eigenvalue weighted by Crippen LogP contribution is 2.69. The number of ether oxygens (including phenoxy) is 1. The molecule has 0 bridgehead atoms. The number of ketones is 2. The van der Waals surface area contributed by atoms with Crippen molar-refractivity contribution in [2.75, 3.05) is 6.61 Å². The van der Waals surface area contributed by atoms with Gasteiger partial charge in [0.1, 0.15) is 5.60 Å². The molecule has 3 fully saturated rings. The molecular formula is C23H32O6. The van der Waals surface area contributed by atoms with E-state index in [9.17, 15) is 24.6 Å². The Balaban J connectivity index is 1.66. The lowest BCUT2D eigenvalue weighted by molar-refractivity contribution is -0.218. The van der Waals surface area contributed by atoms with Gasteiger partial charge < -0.3 is 14.9 Å². The van der Waals surface area contributed by atoms with Gasteiger partial charge in [0.15, 0.2) is 12.4 Å². The molecule has 0 aliphatic heterocycles. The minimum Gasteiger partial charge on any atom is -0.458 e. The van der Waals surface area contributed by atoms with Crippen molar-refractivity contribution < 1.29 is 29.3 Å². The van der Waals surface area contributed by atoms with E-state index in [2.05, 4.69) is 6.92 Å². The van der Waals surface area contributed by atoms with Gasteiger partial charge in [0, 0.05) is 18.8 Å². The second-order valence-electron chi connectivity index (χ2n) is 10.2. The Morgan fingerprint density at radius 3 is 2.48 bits per heavy atom. The largest absolute Gasteiger partial charge is 0.458 e. The van der Waals surface area contributed by atoms with Crippen LogP contribution in [0.1, 0.15) is 72.1 Å². The zero-order valence-electron chi connectivity index (χ0n) is 17.6. The topological polar surface area (TPSA) is 101 Å². The molecule has 0 aromatic carbocycles. The molecule has 6 heteroatoms. The second-order valence-corrected chi connectivity index (χ2v) is 10.2. The van der Waals surface area contributed by atoms with Crippen LogP contribution in [-0.2, 0) is 19.1 Å². The van der Waals surface area contributed by atoms with Crippen molar-refractivity contribution in [3.8, 4) is 0 Å². The van der Waals surface area contributed by atoms with Crippen LogP contribution < -0.4 is 0 Å². The van der Waals surface area contributed by atoms with Crippen LogP contribution in [0, 0.1) is 22.7 Å². The Bertz CT molecular complexity index is 801. The zero-order chi connectivity index (χ0) is 21.2. The lowest BCUT2D eigenvalue weighted by Gasteiger charge is -2.62. The highest BCUT2D eigenvalue weighted by Gasteiger charge is 2.73. The zero-order valence-corrected chi connectivity index (χ0v) is 17.6. The highest BCUT2D eigenvalue weighted by molar-refractivity contribution is 5.92. The minimum atomic E-state index is -1.69. The normalized spacial score (nSPS) is 46.2. The predicted octanol–water partition coefficient (Wildman–Crippen LogP) is 2.50. The molecular weight excluding hydrogens is 372 g/mol. The maximum absolute atomic E-state index is 12.9. The van der Waals surface area contributed by atoms with E-state index >= 15 is 0 Å². The molecule has 0 radical (unpaired) electrons. The van der Waals surface area contributed by atoms with Crippen molar-refractivity contribution in [1.82, 2.24) is 0 Å². The van der Waals surface area contributed by atoms with Gasteiger partial charge in [-0.15, -0.1) is 0 Å². The predicted molar refractivity (Wildman–Crippen MR) is 105 cm³/mol. The van der Waals surface area contributed by atoms with Gasteiger partial charge in [0.2, 0.25) is 5.78 Å². The Morgan fingerprint density at radius 1 is 1.07 bits per heavy atom. The van der Waals surface area contributed by atoms with Crippen molar-refractivity contribution in [2.45, 2.75) is 83.3 Å². The molecule has 6 atom stereocenters. The third kappa shape index (κ3) is 2.64. The van der Waals surface area contributed by atoms with Gasteiger partial charge >= 0.3 is 5.97 Å². The fraction of sp³-hybridized carbons (Fsp3) is 0.783. The second kappa shape index (κ2) is 6.48. The van der Waals surface area contributed by atoms with Gasteiger partial charge in [-0.3, -0.25) is 14.4 Å². The molecule has 29 heavy (non-hydrogen) atoms. The number of Topliss-reactive ketones (excluding diaryl/α,β-unsaturated/α-hetero) is 1. The Hall–Kier alpha value is -1.53. The third-order valence-electron chi connectivity index (χ3n) is 9.16. The Kier molecular flexibility index (Phi) is 4.63. The van der Waals surface area contributed by atoms with Crippen LogP contribution in [0.3, 0.4) is 0 Å². The van der Waals surface area contributed by atoms with Crippen LogP contribution in [0.5, 0.6) is 0 Å². The molecule has 2 N–H and O–H groups in total. The summed E-state index contributed by atoms with van der Waals surface area (Å²) in [5, 5.41) is 23.4. The Morgan fingerprint density at radius 2 is 1.79 bits per heavy atom. The maximum atomic E-state index is 12.9. The summed E-state index contributed by atoms with van der Waals surface area (Å²) in [7, 11) is 0. The molecule has 0 saturated heterocycles. The van der Waals surface area contributed by atoms with E-state index in [0.29, 0.717) is 19.3 Å². The number of hydrogen-bond donors (Lipinski definition) is 2. The number of carbonyl (C=O) groups excluding carboxylic acids is 3. The van der Waals surface area contributed by atoms with Crippen LogP contribution in [-0.4, -0.2) is 45.6 Å². The lowest BCUT2D eigenvalue weighted by Crippen LogP contribution is -2.66. The van der Waals surface area contributed by atoms with E-state index in [1.54, 1.807) is 0 Å². The quantitative estimate of drug-likeness (QED) is 0.701. The molecule has 3 saturated carbocycles. The van der Waals surface area contributed by atoms with Gasteiger partial charge in [0.25, 0.3) is 0 Å². The number of allylic oxidation sites excluding steroid dienone is 1. The first-order valence-corrected chi connectivity index (χ1v) is 10.8. The summed E-state index contributed by atoms with van der Waals surface area (Å²) in [5.41, 5.74) is -2.70. The number of carbonyl (C=O) groups is 3. The van der Waals surface area contributed by atoms with Crippen LogP contribution in [0.4, 0.5) is 0 Å². The number of hydrogen-bond acceptors (Lipinski definition) is 6. The third-order valence-corrected chi connectivity index (χ3v) is 9.16. The van der Waals surface area contributed by atoms with E-state index in [4.69, 9.17) is 4.74 Å². The van der Waals surface area contributed by atoms with Gasteiger partial charge in [-0.25, -0.2) is 0 Å². The van der Waals surface area contributed by atoms with E-state index in [0.717, 1.165) is 25.7 Å². The van der Waals surface area contributed by atoms with Gasteiger partial charge in [0.05, 0.1) is 5.60 Å². The summed E-state index contributed by atoms with van der Waals surface area (Å²) >= 11 is 0. The van der Waals surface area contributed by atoms with Crippen molar-refractivity contribution in [3.05, 3.63) is 11.6 Å². The fourth-order valence-electron chi connectivity index (χ4n) is 7.28. The molecule has 160 valence electrons. The van der Waals surface area contributed by atoms with Crippen LogP contribution in [0.15, 0.2) is 11.6 Å². The van der Waals surface area contributed by atoms with Crippen LogP contribution >= 0.6 is 0 Å². The summed E-state index contributed by atoms with van der Waals surface area (Å²) in [5.74, 6) is -0.667. The molecule has 0 heterocycles. The molecule has 6 unspecified atom stereocenters. The molecule has 6 nitrogen and oxygen atoms in total. The average Bonchev–Trinajstić information content (AvgIpc) is 2.89. The number of fused-ring (bicyclic) bond motifs is 5. The highest BCUT2D eigenvalue weighted by atomic mass is 16.5. The van der Waals surface area contributed by atoms with E-state index in [1.165, 1.54) is 12.5 Å². The molecule has 4 aliphatic rings. The van der Waals surface area contributed by atoms with Gasteiger partial charge in [-0.1, -0.05) is 19.4 Å². The van der Waals surface area contributed by atoms with Crippen molar-refractivity contribution in [1.29, 1.82) is 0 Å². The molecule has 0 aromatic heterocycles. The number of aliphatic hydroxyl groups is 2. The van der Waals surface area contributed by atoms with Crippen molar-refractivity contribution >= 4 is 17.5 Å². The average molecular weight is 405 g/mol. The van der Waals surface area contributed by atoms with Crippen molar-refractivity contribution in [2.24, 2.45) is 22.7 Å². The maximum Gasteiger partial charge on any atom is 0.303 e. The Labute approximate surface area is 171 Å². The first-order valence-electron chi connectivity index (χ1n) is 10.8. The summed E-state index contributed by atoms with van der Waals surface area (Å²) in [6.45, 7) is 4.83. The summed E-state index contributed by atoms with van der Waals surface area (Å²) in [6.07, 6.45) is 6.60. The van der Waals surface area contributed by atoms with Gasteiger partial charge in [-0.2, -0.15) is 0 Å². The number of esters is 1. The monoisotopic (exact) mass is 404 g/mol. The van der Waals surface area contributed by atoms with E-state index < -0.39 is 35.0 Å². The van der Waals surface area contributed by atoms with Crippen molar-refractivity contribution in [3.63, 3.8) is 0 Å². The van der Waals surface area contributed by atoms with E-state index in [-0.39, 0.29) is 29.5 Å². The number of rotatable bonds is 3. The molecule has 4 aliphatic carbocycles. The molecule has 0 aromatic rings. The molecule has 4 rings (SSSR count). The summed E-state index contributed by atoms with van der Waals surface area (Å²) in [4.78, 5) is 36.0. The molecule has 0 amide bonds. The standard InChI is InChI=1S/C23H32O6/c1-14(24)29-13-19(26)23(28)11-10-22(27)18-5-4-15-12-16(25)6-8-20(15,2)17(18)7-9-21(22,23)3/h12,17-18,27-28H,4-11,13H2,1-3H3. The van der Waals surface area contributed by atoms with Gasteiger partial charge in [-0.05, 0) is 68.3 Å².